The number of carbonyl (C=O) groups is 1. The number of amides is 1. The molecule has 18 heavy (non-hydrogen) atoms. The van der Waals surface area contributed by atoms with Crippen molar-refractivity contribution in [2.75, 3.05) is 31.6 Å². The second kappa shape index (κ2) is 6.52. The van der Waals surface area contributed by atoms with Crippen molar-refractivity contribution in [1.29, 1.82) is 0 Å². The molecule has 5 nitrogen and oxygen atoms in total. The number of hydrogen-bond acceptors (Lipinski definition) is 4. The van der Waals surface area contributed by atoms with Crippen molar-refractivity contribution < 1.29 is 13.2 Å². The average molecular weight is 276 g/mol. The molecule has 1 unspecified atom stereocenters. The Bertz CT molecular complexity index is 379. The van der Waals surface area contributed by atoms with Crippen molar-refractivity contribution in [2.24, 2.45) is 5.92 Å². The Balaban J connectivity index is 2.25. The zero-order valence-electron chi connectivity index (χ0n) is 11.5. The van der Waals surface area contributed by atoms with E-state index in [2.05, 4.69) is 19.2 Å². The summed E-state index contributed by atoms with van der Waals surface area (Å²) in [5.74, 6) is 0.828. The normalized spacial score (nSPS) is 22.6. The molecule has 1 heterocycles. The van der Waals surface area contributed by atoms with E-state index in [0.29, 0.717) is 18.9 Å². The molecule has 0 aromatic heterocycles. The predicted octanol–water partition coefficient (Wildman–Crippen LogP) is 0.268. The maximum atomic E-state index is 11.7. The van der Waals surface area contributed by atoms with Crippen LogP contribution in [0.3, 0.4) is 0 Å². The van der Waals surface area contributed by atoms with Gasteiger partial charge in [-0.25, -0.2) is 8.42 Å². The van der Waals surface area contributed by atoms with E-state index < -0.39 is 9.84 Å². The first-order chi connectivity index (χ1) is 8.28. The van der Waals surface area contributed by atoms with Crippen LogP contribution in [0.25, 0.3) is 0 Å². The van der Waals surface area contributed by atoms with E-state index >= 15 is 0 Å². The van der Waals surface area contributed by atoms with Crippen LogP contribution in [0.5, 0.6) is 0 Å². The Labute approximate surface area is 110 Å². The van der Waals surface area contributed by atoms with Gasteiger partial charge in [0.15, 0.2) is 9.84 Å². The number of hydrogen-bond donors (Lipinski definition) is 1. The third kappa shape index (κ3) is 5.82. The number of carbonyl (C=O) groups excluding carboxylic acids is 1. The summed E-state index contributed by atoms with van der Waals surface area (Å²) >= 11 is 0. The fourth-order valence-corrected chi connectivity index (χ4v) is 3.66. The Morgan fingerprint density at radius 1 is 1.44 bits per heavy atom. The largest absolute Gasteiger partial charge is 0.351 e. The summed E-state index contributed by atoms with van der Waals surface area (Å²) in [7, 11) is -1.01. The van der Waals surface area contributed by atoms with Gasteiger partial charge in [0.25, 0.3) is 0 Å². The van der Waals surface area contributed by atoms with Crippen molar-refractivity contribution in [3.63, 3.8) is 0 Å². The minimum atomic E-state index is -2.92. The molecule has 0 spiro atoms. The van der Waals surface area contributed by atoms with Crippen LogP contribution in [0.2, 0.25) is 0 Å². The van der Waals surface area contributed by atoms with Gasteiger partial charge >= 0.3 is 0 Å². The molecule has 106 valence electrons. The van der Waals surface area contributed by atoms with E-state index in [-0.39, 0.29) is 23.5 Å². The predicted molar refractivity (Wildman–Crippen MR) is 72.2 cm³/mol. The molecular weight excluding hydrogens is 252 g/mol. The van der Waals surface area contributed by atoms with Crippen molar-refractivity contribution in [2.45, 2.75) is 32.7 Å². The van der Waals surface area contributed by atoms with Crippen molar-refractivity contribution in [1.82, 2.24) is 10.2 Å². The SMILES string of the molecule is CC(C)CCN(C)CC(=O)NC1CCS(=O)(=O)C1. The molecule has 0 bridgehead atoms. The highest BCUT2D eigenvalue weighted by Gasteiger charge is 2.28. The monoisotopic (exact) mass is 276 g/mol. The number of nitrogens with zero attached hydrogens (tertiary/aromatic N) is 1. The van der Waals surface area contributed by atoms with Gasteiger partial charge < -0.3 is 5.32 Å². The standard InChI is InChI=1S/C12H24N2O3S/c1-10(2)4-6-14(3)8-12(15)13-11-5-7-18(16,17)9-11/h10-11H,4-9H2,1-3H3,(H,13,15). The van der Waals surface area contributed by atoms with Crippen molar-refractivity contribution in [3.05, 3.63) is 0 Å². The molecule has 1 N–H and O–H groups in total. The first-order valence-electron chi connectivity index (χ1n) is 6.47. The van der Waals surface area contributed by atoms with E-state index in [1.54, 1.807) is 0 Å². The fourth-order valence-electron chi connectivity index (χ4n) is 1.98. The summed E-state index contributed by atoms with van der Waals surface area (Å²) in [6, 6.07) is -0.194. The molecule has 0 aromatic carbocycles. The van der Waals surface area contributed by atoms with Crippen molar-refractivity contribution in [3.8, 4) is 0 Å². The quantitative estimate of drug-likeness (QED) is 0.756. The topological polar surface area (TPSA) is 66.5 Å². The van der Waals surface area contributed by atoms with E-state index in [4.69, 9.17) is 0 Å². The van der Waals surface area contributed by atoms with Crippen LogP contribution < -0.4 is 5.32 Å². The third-order valence-corrected chi connectivity index (χ3v) is 4.87. The summed E-state index contributed by atoms with van der Waals surface area (Å²) in [5, 5.41) is 2.79. The Hall–Kier alpha value is -0.620. The second-order valence-electron chi connectivity index (χ2n) is 5.59. The second-order valence-corrected chi connectivity index (χ2v) is 7.82. The Morgan fingerprint density at radius 3 is 2.61 bits per heavy atom. The third-order valence-electron chi connectivity index (χ3n) is 3.10. The lowest BCUT2D eigenvalue weighted by atomic mass is 10.1. The molecule has 1 aliphatic rings. The van der Waals surface area contributed by atoms with Gasteiger partial charge in [0.05, 0.1) is 18.1 Å². The van der Waals surface area contributed by atoms with Crippen LogP contribution in [-0.4, -0.2) is 56.9 Å². The molecule has 0 aromatic rings. The highest BCUT2D eigenvalue weighted by Crippen LogP contribution is 2.11. The first-order valence-corrected chi connectivity index (χ1v) is 8.29. The lowest BCUT2D eigenvalue weighted by Gasteiger charge is -2.18. The lowest BCUT2D eigenvalue weighted by Crippen LogP contribution is -2.41. The van der Waals surface area contributed by atoms with Gasteiger partial charge in [0.1, 0.15) is 0 Å². The van der Waals surface area contributed by atoms with E-state index in [9.17, 15) is 13.2 Å². The zero-order chi connectivity index (χ0) is 13.8. The fraction of sp³-hybridized carbons (Fsp3) is 0.917. The van der Waals surface area contributed by atoms with Crippen LogP contribution in [-0.2, 0) is 14.6 Å². The minimum Gasteiger partial charge on any atom is -0.351 e. The smallest absolute Gasteiger partial charge is 0.234 e. The van der Waals surface area contributed by atoms with Gasteiger partial charge in [-0.3, -0.25) is 9.69 Å². The summed E-state index contributed by atoms with van der Waals surface area (Å²) in [5.41, 5.74) is 0. The molecule has 1 atom stereocenters. The summed E-state index contributed by atoms with van der Waals surface area (Å²) in [4.78, 5) is 13.7. The number of rotatable bonds is 6. The molecule has 1 amide bonds. The van der Waals surface area contributed by atoms with Gasteiger partial charge in [-0.05, 0) is 32.4 Å². The summed E-state index contributed by atoms with van der Waals surface area (Å²) in [6.07, 6.45) is 1.60. The van der Waals surface area contributed by atoms with E-state index in [1.807, 2.05) is 11.9 Å². The number of likely N-dealkylation sites (N-methyl/N-ethyl adjacent to an activating group) is 1. The first kappa shape index (κ1) is 15.4. The minimum absolute atomic E-state index is 0.0802. The molecule has 1 rings (SSSR count). The van der Waals surface area contributed by atoms with Gasteiger partial charge in [-0.15, -0.1) is 0 Å². The van der Waals surface area contributed by atoms with Crippen LogP contribution >= 0.6 is 0 Å². The lowest BCUT2D eigenvalue weighted by molar-refractivity contribution is -0.122. The summed E-state index contributed by atoms with van der Waals surface area (Å²) < 4.78 is 22.5. The highest BCUT2D eigenvalue weighted by molar-refractivity contribution is 7.91. The molecule has 1 saturated heterocycles. The van der Waals surface area contributed by atoms with Gasteiger partial charge in [0, 0.05) is 6.04 Å². The van der Waals surface area contributed by atoms with Gasteiger partial charge in [0.2, 0.25) is 5.91 Å². The van der Waals surface area contributed by atoms with Crippen molar-refractivity contribution >= 4 is 15.7 Å². The zero-order valence-corrected chi connectivity index (χ0v) is 12.3. The van der Waals surface area contributed by atoms with Crippen LogP contribution in [0, 0.1) is 5.92 Å². The molecule has 0 radical (unpaired) electrons. The van der Waals surface area contributed by atoms with Gasteiger partial charge in [-0.2, -0.15) is 0 Å². The maximum Gasteiger partial charge on any atom is 0.234 e. The number of nitrogens with one attached hydrogen (secondary N) is 1. The van der Waals surface area contributed by atoms with E-state index in [1.165, 1.54) is 0 Å². The molecule has 0 saturated carbocycles. The highest BCUT2D eigenvalue weighted by atomic mass is 32.2. The maximum absolute atomic E-state index is 11.7. The van der Waals surface area contributed by atoms with Gasteiger partial charge in [-0.1, -0.05) is 13.8 Å². The number of sulfone groups is 1. The van der Waals surface area contributed by atoms with Crippen LogP contribution in [0.1, 0.15) is 26.7 Å². The molecule has 0 aliphatic carbocycles. The van der Waals surface area contributed by atoms with E-state index in [0.717, 1.165) is 13.0 Å². The Kier molecular flexibility index (Phi) is 5.59. The molecular formula is C12H24N2O3S. The molecule has 1 fully saturated rings. The molecule has 1 aliphatic heterocycles. The van der Waals surface area contributed by atoms with Crippen LogP contribution in [0.15, 0.2) is 0 Å². The molecule has 6 heteroatoms. The Morgan fingerprint density at radius 2 is 2.11 bits per heavy atom. The average Bonchev–Trinajstić information content (AvgIpc) is 2.54. The summed E-state index contributed by atoms with van der Waals surface area (Å²) in [6.45, 7) is 5.52. The van der Waals surface area contributed by atoms with Crippen LogP contribution in [0.4, 0.5) is 0 Å².